The molecule has 0 aliphatic carbocycles. The van der Waals surface area contributed by atoms with Crippen LogP contribution in [0.4, 0.5) is 14.5 Å². The minimum Gasteiger partial charge on any atom is -0.343 e. The Kier molecular flexibility index (Phi) is 5.93. The van der Waals surface area contributed by atoms with E-state index >= 15 is 0 Å². The number of anilines is 1. The van der Waals surface area contributed by atoms with Crippen LogP contribution in [0.1, 0.15) is 27.4 Å². The van der Waals surface area contributed by atoms with Crippen LogP contribution < -0.4 is 10.6 Å². The van der Waals surface area contributed by atoms with Crippen LogP contribution >= 0.6 is 0 Å². The highest BCUT2D eigenvalue weighted by atomic mass is 19.3. The molecule has 2 N–H and O–H groups in total. The molecule has 0 radical (unpaired) electrons. The van der Waals surface area contributed by atoms with Gasteiger partial charge in [0.05, 0.1) is 47.6 Å². The zero-order chi connectivity index (χ0) is 24.5. The number of fused-ring (bicyclic) bond motifs is 1. The number of benzene rings is 1. The third kappa shape index (κ3) is 4.40. The summed E-state index contributed by atoms with van der Waals surface area (Å²) in [6, 6.07) is 8.95. The molecular formula is C22H19F2N7O3. The van der Waals surface area contributed by atoms with Gasteiger partial charge in [0.25, 0.3) is 17.7 Å². The Balaban J connectivity index is 1.46. The zero-order valence-corrected chi connectivity index (χ0v) is 18.0. The lowest BCUT2D eigenvalue weighted by atomic mass is 10.2. The smallest absolute Gasteiger partial charge is 0.291 e. The van der Waals surface area contributed by atoms with E-state index in [0.29, 0.717) is 5.52 Å². The number of nitrogens with one attached hydrogen (secondary N) is 2. The van der Waals surface area contributed by atoms with E-state index in [4.69, 9.17) is 5.26 Å². The Morgan fingerprint density at radius 2 is 2.00 bits per heavy atom. The minimum absolute atomic E-state index is 0.0125. The van der Waals surface area contributed by atoms with E-state index in [9.17, 15) is 23.2 Å². The lowest BCUT2D eigenvalue weighted by Gasteiger charge is -2.19. The number of para-hydroxylation sites is 2. The predicted octanol–water partition coefficient (Wildman–Crippen LogP) is 1.71. The largest absolute Gasteiger partial charge is 0.343 e. The summed E-state index contributed by atoms with van der Waals surface area (Å²) in [6.07, 6.45) is 1.85. The number of aromatic nitrogens is 3. The number of aryl methyl sites for hydroxylation is 1. The third-order valence-electron chi connectivity index (χ3n) is 5.44. The van der Waals surface area contributed by atoms with E-state index in [0.717, 1.165) is 10.4 Å². The summed E-state index contributed by atoms with van der Waals surface area (Å²) in [4.78, 5) is 46.8. The standard InChI is InChI=1S/C22H19F2N7O3/c1-30-17-5-3-2-4-15(17)28-19(30)21(34)29-16-10-26-7-6-14(16)20(33)27-11-18(32)31-12-22(23,24)8-13(31)9-25/h2-7,10,13H,8,11-12H2,1H3,(H,27,33)(H,29,34). The molecule has 3 heterocycles. The number of alkyl halides is 2. The first kappa shape index (κ1) is 22.8. The Bertz CT molecular complexity index is 1330. The molecule has 0 spiro atoms. The molecule has 0 bridgehead atoms. The van der Waals surface area contributed by atoms with Crippen molar-refractivity contribution in [1.29, 1.82) is 5.26 Å². The topological polar surface area (TPSA) is 133 Å². The quantitative estimate of drug-likeness (QED) is 0.587. The zero-order valence-electron chi connectivity index (χ0n) is 18.0. The number of amides is 3. The van der Waals surface area contributed by atoms with Gasteiger partial charge in [0, 0.05) is 19.7 Å². The summed E-state index contributed by atoms with van der Waals surface area (Å²) in [5.41, 5.74) is 1.46. The van der Waals surface area contributed by atoms with Crippen molar-refractivity contribution in [3.63, 3.8) is 0 Å². The summed E-state index contributed by atoms with van der Waals surface area (Å²) in [6.45, 7) is -1.47. The molecular weight excluding hydrogens is 448 g/mol. The minimum atomic E-state index is -3.15. The number of pyridine rings is 1. The van der Waals surface area contributed by atoms with E-state index in [-0.39, 0.29) is 17.1 Å². The summed E-state index contributed by atoms with van der Waals surface area (Å²) in [5.74, 6) is -5.15. The lowest BCUT2D eigenvalue weighted by molar-refractivity contribution is -0.131. The number of imidazole rings is 1. The van der Waals surface area contributed by atoms with Crippen LogP contribution in [0.5, 0.6) is 0 Å². The number of halogens is 2. The fourth-order valence-electron chi connectivity index (χ4n) is 3.77. The van der Waals surface area contributed by atoms with Gasteiger partial charge in [0.1, 0.15) is 6.04 Å². The van der Waals surface area contributed by atoms with Crippen LogP contribution in [-0.4, -0.2) is 62.2 Å². The maximum absolute atomic E-state index is 13.6. The average Bonchev–Trinajstić information content (AvgIpc) is 3.33. The highest BCUT2D eigenvalue weighted by Gasteiger charge is 2.47. The maximum atomic E-state index is 13.6. The van der Waals surface area contributed by atoms with Gasteiger partial charge in [-0.1, -0.05) is 12.1 Å². The number of nitrogens with zero attached hydrogens (tertiary/aromatic N) is 5. The predicted molar refractivity (Wildman–Crippen MR) is 116 cm³/mol. The Morgan fingerprint density at radius 3 is 2.74 bits per heavy atom. The molecule has 0 saturated carbocycles. The number of carbonyl (C=O) groups excluding carboxylic acids is 3. The van der Waals surface area contributed by atoms with E-state index in [1.807, 2.05) is 12.1 Å². The summed E-state index contributed by atoms with van der Waals surface area (Å²) in [7, 11) is 1.68. The van der Waals surface area contributed by atoms with Crippen molar-refractivity contribution < 1.29 is 23.2 Å². The van der Waals surface area contributed by atoms with Gasteiger partial charge in [0.2, 0.25) is 5.91 Å². The molecule has 12 heteroatoms. The molecule has 174 valence electrons. The number of rotatable bonds is 5. The normalized spacial score (nSPS) is 16.8. The molecule has 1 unspecified atom stereocenters. The molecule has 2 aromatic heterocycles. The van der Waals surface area contributed by atoms with Crippen molar-refractivity contribution in [2.24, 2.45) is 7.05 Å². The Hall–Kier alpha value is -4.40. The Morgan fingerprint density at radius 1 is 1.24 bits per heavy atom. The van der Waals surface area contributed by atoms with E-state index in [1.54, 1.807) is 29.8 Å². The molecule has 10 nitrogen and oxygen atoms in total. The van der Waals surface area contributed by atoms with Gasteiger partial charge >= 0.3 is 0 Å². The number of carbonyl (C=O) groups is 3. The molecule has 1 aromatic carbocycles. The second-order valence-corrected chi connectivity index (χ2v) is 7.77. The number of nitriles is 1. The van der Waals surface area contributed by atoms with E-state index in [1.165, 1.54) is 18.5 Å². The maximum Gasteiger partial charge on any atom is 0.291 e. The highest BCUT2D eigenvalue weighted by Crippen LogP contribution is 2.31. The van der Waals surface area contributed by atoms with Crippen molar-refractivity contribution in [2.75, 3.05) is 18.4 Å². The van der Waals surface area contributed by atoms with Gasteiger partial charge in [0.15, 0.2) is 5.82 Å². The second-order valence-electron chi connectivity index (χ2n) is 7.77. The highest BCUT2D eigenvalue weighted by molar-refractivity contribution is 6.08. The molecule has 3 amide bonds. The molecule has 1 aliphatic rings. The SMILES string of the molecule is Cn1c(C(=O)Nc2cnccc2C(=O)NCC(=O)N2CC(F)(F)CC2C#N)nc2ccccc21. The van der Waals surface area contributed by atoms with Gasteiger partial charge in [-0.05, 0) is 18.2 Å². The van der Waals surface area contributed by atoms with Crippen molar-refractivity contribution in [2.45, 2.75) is 18.4 Å². The first-order valence-electron chi connectivity index (χ1n) is 10.2. The van der Waals surface area contributed by atoms with Crippen molar-refractivity contribution in [3.8, 4) is 6.07 Å². The molecule has 1 fully saturated rings. The molecule has 4 rings (SSSR count). The first-order valence-corrected chi connectivity index (χ1v) is 10.2. The summed E-state index contributed by atoms with van der Waals surface area (Å²) in [5, 5.41) is 14.0. The van der Waals surface area contributed by atoms with Gasteiger partial charge < -0.3 is 20.1 Å². The van der Waals surface area contributed by atoms with Crippen LogP contribution in [-0.2, 0) is 11.8 Å². The summed E-state index contributed by atoms with van der Waals surface area (Å²) < 4.78 is 28.8. The van der Waals surface area contributed by atoms with Crippen LogP contribution in [0.2, 0.25) is 0 Å². The molecule has 1 saturated heterocycles. The van der Waals surface area contributed by atoms with Crippen LogP contribution in [0.15, 0.2) is 42.7 Å². The monoisotopic (exact) mass is 467 g/mol. The van der Waals surface area contributed by atoms with Crippen molar-refractivity contribution in [3.05, 3.63) is 54.1 Å². The number of likely N-dealkylation sites (tertiary alicyclic amines) is 1. The van der Waals surface area contributed by atoms with Crippen LogP contribution in [0.25, 0.3) is 11.0 Å². The number of hydrogen-bond acceptors (Lipinski definition) is 6. The Labute approximate surface area is 192 Å². The van der Waals surface area contributed by atoms with Gasteiger partial charge in [-0.2, -0.15) is 5.26 Å². The van der Waals surface area contributed by atoms with Crippen LogP contribution in [0, 0.1) is 11.3 Å². The van der Waals surface area contributed by atoms with E-state index < -0.39 is 49.2 Å². The van der Waals surface area contributed by atoms with Gasteiger partial charge in [-0.15, -0.1) is 0 Å². The van der Waals surface area contributed by atoms with Gasteiger partial charge in [-0.3, -0.25) is 19.4 Å². The second kappa shape index (κ2) is 8.86. The number of hydrogen-bond donors (Lipinski definition) is 2. The molecule has 3 aromatic rings. The molecule has 1 atom stereocenters. The molecule has 34 heavy (non-hydrogen) atoms. The fraction of sp³-hybridized carbons (Fsp3) is 0.273. The molecule has 1 aliphatic heterocycles. The van der Waals surface area contributed by atoms with Gasteiger partial charge in [-0.25, -0.2) is 13.8 Å². The third-order valence-corrected chi connectivity index (χ3v) is 5.44. The first-order chi connectivity index (χ1) is 16.2. The summed E-state index contributed by atoms with van der Waals surface area (Å²) >= 11 is 0. The lowest BCUT2D eigenvalue weighted by Crippen LogP contribution is -2.43. The van der Waals surface area contributed by atoms with Crippen molar-refractivity contribution in [1.82, 2.24) is 24.8 Å². The van der Waals surface area contributed by atoms with Crippen LogP contribution in [0.3, 0.4) is 0 Å². The van der Waals surface area contributed by atoms with E-state index in [2.05, 4.69) is 20.6 Å². The van der Waals surface area contributed by atoms with Crippen molar-refractivity contribution >= 4 is 34.4 Å². The fourth-order valence-corrected chi connectivity index (χ4v) is 3.77. The average molecular weight is 467 g/mol.